The summed E-state index contributed by atoms with van der Waals surface area (Å²) < 4.78 is 43.3. The van der Waals surface area contributed by atoms with Crippen LogP contribution in [0.2, 0.25) is 0 Å². The van der Waals surface area contributed by atoms with Crippen molar-refractivity contribution in [2.75, 3.05) is 20.2 Å². The van der Waals surface area contributed by atoms with E-state index in [1.807, 2.05) is 0 Å². The molecule has 1 aromatic carbocycles. The zero-order valence-corrected chi connectivity index (χ0v) is 11.9. The molecule has 1 aliphatic heterocycles. The summed E-state index contributed by atoms with van der Waals surface area (Å²) in [4.78, 5) is 16.6. The molecule has 0 spiro atoms. The van der Waals surface area contributed by atoms with Crippen LogP contribution < -0.4 is 4.74 Å². The second kappa shape index (κ2) is 5.23. The Hall–Kier alpha value is -2.18. The molecular formula is C15H15F3N2O2. The fraction of sp³-hybridized carbons (Fsp3) is 0.400. The van der Waals surface area contributed by atoms with Gasteiger partial charge in [0.15, 0.2) is 0 Å². The van der Waals surface area contributed by atoms with Gasteiger partial charge in [-0.2, -0.15) is 13.2 Å². The number of rotatable bonds is 2. The average molecular weight is 312 g/mol. The molecular weight excluding hydrogens is 297 g/mol. The number of amides is 1. The van der Waals surface area contributed by atoms with E-state index in [1.165, 1.54) is 12.0 Å². The van der Waals surface area contributed by atoms with Gasteiger partial charge in [-0.05, 0) is 24.6 Å². The summed E-state index contributed by atoms with van der Waals surface area (Å²) in [5.41, 5.74) is 0.997. The highest BCUT2D eigenvalue weighted by Crippen LogP contribution is 2.34. The van der Waals surface area contributed by atoms with Crippen LogP contribution >= 0.6 is 0 Å². The van der Waals surface area contributed by atoms with Crippen molar-refractivity contribution in [1.82, 2.24) is 9.88 Å². The summed E-state index contributed by atoms with van der Waals surface area (Å²) in [5, 5.41) is 0.736. The molecule has 1 saturated heterocycles. The minimum absolute atomic E-state index is 0.0429. The first-order valence-electron chi connectivity index (χ1n) is 6.92. The van der Waals surface area contributed by atoms with Gasteiger partial charge in [0.2, 0.25) is 0 Å². The molecule has 1 aromatic heterocycles. The van der Waals surface area contributed by atoms with Crippen LogP contribution in [0.3, 0.4) is 0 Å². The highest BCUT2D eigenvalue weighted by Gasteiger charge is 2.44. The third-order valence-electron chi connectivity index (χ3n) is 4.01. The molecule has 0 saturated carbocycles. The maximum atomic E-state index is 12.7. The molecule has 1 amide bonds. The van der Waals surface area contributed by atoms with Gasteiger partial charge >= 0.3 is 6.18 Å². The zero-order valence-electron chi connectivity index (χ0n) is 11.9. The number of methoxy groups -OCH3 is 1. The Morgan fingerprint density at radius 2 is 2.18 bits per heavy atom. The van der Waals surface area contributed by atoms with Crippen LogP contribution in [-0.4, -0.2) is 42.2 Å². The van der Waals surface area contributed by atoms with Crippen molar-refractivity contribution in [3.05, 3.63) is 30.0 Å². The highest BCUT2D eigenvalue weighted by atomic mass is 19.4. The van der Waals surface area contributed by atoms with Gasteiger partial charge in [0.25, 0.3) is 5.91 Å². The van der Waals surface area contributed by atoms with Crippen LogP contribution in [0.4, 0.5) is 13.2 Å². The number of aromatic nitrogens is 1. The third-order valence-corrected chi connectivity index (χ3v) is 4.01. The topological polar surface area (TPSA) is 45.3 Å². The quantitative estimate of drug-likeness (QED) is 0.925. The molecule has 1 fully saturated rings. The Morgan fingerprint density at radius 3 is 2.82 bits per heavy atom. The molecule has 1 atom stereocenters. The molecule has 2 aromatic rings. The van der Waals surface area contributed by atoms with Gasteiger partial charge in [-0.1, -0.05) is 6.07 Å². The average Bonchev–Trinajstić information content (AvgIpc) is 3.12. The molecule has 0 aliphatic carbocycles. The fourth-order valence-electron chi connectivity index (χ4n) is 2.80. The lowest BCUT2D eigenvalue weighted by molar-refractivity contribution is -0.169. The van der Waals surface area contributed by atoms with Crippen LogP contribution in [0.5, 0.6) is 5.75 Å². The Balaban J connectivity index is 1.84. The lowest BCUT2D eigenvalue weighted by Gasteiger charge is -2.17. The van der Waals surface area contributed by atoms with E-state index in [2.05, 4.69) is 4.98 Å². The summed E-state index contributed by atoms with van der Waals surface area (Å²) in [5.74, 6) is -1.23. The predicted octanol–water partition coefficient (Wildman–Crippen LogP) is 3.20. The van der Waals surface area contributed by atoms with Crippen LogP contribution in [-0.2, 0) is 0 Å². The van der Waals surface area contributed by atoms with Crippen molar-refractivity contribution in [2.45, 2.75) is 12.6 Å². The first-order chi connectivity index (χ1) is 10.4. The Morgan fingerprint density at radius 1 is 1.41 bits per heavy atom. The summed E-state index contributed by atoms with van der Waals surface area (Å²) in [6.07, 6.45) is -4.29. The Bertz CT molecular complexity index is 708. The molecule has 0 bridgehead atoms. The minimum Gasteiger partial charge on any atom is -0.496 e. The number of fused-ring (bicyclic) bond motifs is 1. The number of hydrogen-bond acceptors (Lipinski definition) is 2. The molecule has 4 nitrogen and oxygen atoms in total. The lowest BCUT2D eigenvalue weighted by Crippen LogP contribution is -2.32. The largest absolute Gasteiger partial charge is 0.496 e. The van der Waals surface area contributed by atoms with Gasteiger partial charge < -0.3 is 14.6 Å². The predicted molar refractivity (Wildman–Crippen MR) is 74.9 cm³/mol. The summed E-state index contributed by atoms with van der Waals surface area (Å²) in [6.45, 7) is -0.162. The summed E-state index contributed by atoms with van der Waals surface area (Å²) >= 11 is 0. The maximum absolute atomic E-state index is 12.7. The van der Waals surface area contributed by atoms with Crippen molar-refractivity contribution < 1.29 is 22.7 Å². The van der Waals surface area contributed by atoms with Crippen LogP contribution in [0.15, 0.2) is 24.3 Å². The van der Waals surface area contributed by atoms with Gasteiger partial charge in [-0.15, -0.1) is 0 Å². The second-order valence-electron chi connectivity index (χ2n) is 5.38. The molecule has 22 heavy (non-hydrogen) atoms. The van der Waals surface area contributed by atoms with Crippen LogP contribution in [0.25, 0.3) is 10.9 Å². The number of benzene rings is 1. The number of halogens is 3. The van der Waals surface area contributed by atoms with E-state index in [1.54, 1.807) is 24.3 Å². The molecule has 0 radical (unpaired) electrons. The molecule has 3 rings (SSSR count). The summed E-state index contributed by atoms with van der Waals surface area (Å²) in [7, 11) is 1.53. The van der Waals surface area contributed by atoms with Crippen molar-refractivity contribution in [2.24, 2.45) is 5.92 Å². The van der Waals surface area contributed by atoms with E-state index in [4.69, 9.17) is 4.74 Å². The van der Waals surface area contributed by atoms with E-state index in [9.17, 15) is 18.0 Å². The van der Waals surface area contributed by atoms with E-state index in [0.29, 0.717) is 11.3 Å². The second-order valence-corrected chi connectivity index (χ2v) is 5.38. The number of alkyl halides is 3. The molecule has 0 unspecified atom stereocenters. The third kappa shape index (κ3) is 2.51. The number of likely N-dealkylation sites (tertiary alicyclic amines) is 1. The number of ether oxygens (including phenoxy) is 1. The highest BCUT2D eigenvalue weighted by molar-refractivity contribution is 5.99. The number of carbonyl (C=O) groups is 1. The van der Waals surface area contributed by atoms with Gasteiger partial charge in [0.1, 0.15) is 11.4 Å². The van der Waals surface area contributed by atoms with Crippen LogP contribution in [0, 0.1) is 5.92 Å². The Kier molecular flexibility index (Phi) is 3.50. The molecule has 2 heterocycles. The lowest BCUT2D eigenvalue weighted by atomic mass is 10.1. The van der Waals surface area contributed by atoms with Gasteiger partial charge in [-0.25, -0.2) is 0 Å². The van der Waals surface area contributed by atoms with Crippen molar-refractivity contribution in [1.29, 1.82) is 0 Å². The van der Waals surface area contributed by atoms with Gasteiger partial charge in [0, 0.05) is 24.0 Å². The fourth-order valence-corrected chi connectivity index (χ4v) is 2.80. The van der Waals surface area contributed by atoms with Crippen LogP contribution in [0.1, 0.15) is 16.9 Å². The molecule has 118 valence electrons. The smallest absolute Gasteiger partial charge is 0.393 e. The molecule has 1 aliphatic rings. The number of hydrogen-bond donors (Lipinski definition) is 1. The summed E-state index contributed by atoms with van der Waals surface area (Å²) in [6, 6.07) is 6.95. The molecule has 1 N–H and O–H groups in total. The van der Waals surface area contributed by atoms with E-state index in [0.717, 1.165) is 5.39 Å². The first-order valence-corrected chi connectivity index (χ1v) is 6.92. The number of carbonyl (C=O) groups excluding carboxylic acids is 1. The minimum atomic E-state index is -4.25. The zero-order chi connectivity index (χ0) is 15.9. The monoisotopic (exact) mass is 312 g/mol. The van der Waals surface area contributed by atoms with E-state index < -0.39 is 18.0 Å². The standard InChI is InChI=1S/C15H15F3N2O2/c1-22-13-4-2-3-11-10(13)7-12(19-11)14(21)20-6-5-9(8-20)15(16,17)18/h2-4,7,9,19H,5-6,8H2,1H3/t9-/m1/s1. The Labute approximate surface area is 124 Å². The van der Waals surface area contributed by atoms with Gasteiger partial charge in [0.05, 0.1) is 13.0 Å². The first kappa shape index (κ1) is 14.7. The normalized spacial score (nSPS) is 18.9. The number of aromatic amines is 1. The molecule has 7 heteroatoms. The number of nitrogens with one attached hydrogen (secondary N) is 1. The van der Waals surface area contributed by atoms with Crippen molar-refractivity contribution in [3.8, 4) is 5.75 Å². The van der Waals surface area contributed by atoms with Crippen molar-refractivity contribution >= 4 is 16.8 Å². The maximum Gasteiger partial charge on any atom is 0.393 e. The van der Waals surface area contributed by atoms with E-state index >= 15 is 0 Å². The van der Waals surface area contributed by atoms with Crippen molar-refractivity contribution in [3.63, 3.8) is 0 Å². The number of nitrogens with zero attached hydrogens (tertiary/aromatic N) is 1. The van der Waals surface area contributed by atoms with Gasteiger partial charge in [-0.3, -0.25) is 4.79 Å². The SMILES string of the molecule is COc1cccc2[nH]c(C(=O)N3CC[C@@H](C(F)(F)F)C3)cc12. The van der Waals surface area contributed by atoms with E-state index in [-0.39, 0.29) is 25.2 Å². The number of H-pyrrole nitrogens is 1.